The van der Waals surface area contributed by atoms with Crippen molar-refractivity contribution < 1.29 is 14.3 Å². The van der Waals surface area contributed by atoms with Crippen molar-refractivity contribution in [3.05, 3.63) is 59.7 Å². The Labute approximate surface area is 121 Å². The van der Waals surface area contributed by atoms with Crippen molar-refractivity contribution in [3.63, 3.8) is 0 Å². The Bertz CT molecular complexity index is 707. The summed E-state index contributed by atoms with van der Waals surface area (Å²) in [7, 11) is 0. The standard InChI is InChI=1S/C16H10N2O3/c17-9-12-1-5-14(6-2-12)20-11-16(19)21-15-7-3-13(10-18)4-8-15/h1-8H,11H2. The van der Waals surface area contributed by atoms with Gasteiger partial charge in [0, 0.05) is 0 Å². The number of nitriles is 2. The van der Waals surface area contributed by atoms with Crippen LogP contribution in [0.2, 0.25) is 0 Å². The highest BCUT2D eigenvalue weighted by Gasteiger charge is 2.06. The average Bonchev–Trinajstić information content (AvgIpc) is 2.54. The van der Waals surface area contributed by atoms with Crippen LogP contribution in [-0.4, -0.2) is 12.6 Å². The molecule has 0 bridgehead atoms. The SMILES string of the molecule is N#Cc1ccc(OCC(=O)Oc2ccc(C#N)cc2)cc1. The maximum Gasteiger partial charge on any atom is 0.349 e. The summed E-state index contributed by atoms with van der Waals surface area (Å²) in [6.45, 7) is -0.244. The minimum Gasteiger partial charge on any atom is -0.482 e. The van der Waals surface area contributed by atoms with Gasteiger partial charge in [0.2, 0.25) is 0 Å². The first-order valence-electron chi connectivity index (χ1n) is 6.05. The highest BCUT2D eigenvalue weighted by molar-refractivity contribution is 5.74. The molecule has 0 unspecified atom stereocenters. The lowest BCUT2D eigenvalue weighted by molar-refractivity contribution is -0.136. The molecule has 0 fully saturated rings. The molecule has 2 aromatic rings. The van der Waals surface area contributed by atoms with E-state index >= 15 is 0 Å². The van der Waals surface area contributed by atoms with Crippen molar-refractivity contribution in [2.45, 2.75) is 0 Å². The Hall–Kier alpha value is -3.31. The second-order valence-corrected chi connectivity index (χ2v) is 4.04. The lowest BCUT2D eigenvalue weighted by atomic mass is 10.2. The van der Waals surface area contributed by atoms with E-state index in [2.05, 4.69) is 0 Å². The van der Waals surface area contributed by atoms with Gasteiger partial charge >= 0.3 is 5.97 Å². The van der Waals surface area contributed by atoms with E-state index in [1.807, 2.05) is 12.1 Å². The van der Waals surface area contributed by atoms with Gasteiger partial charge in [0.15, 0.2) is 6.61 Å². The predicted octanol–water partition coefficient (Wildman–Crippen LogP) is 2.41. The molecule has 0 aromatic heterocycles. The lowest BCUT2D eigenvalue weighted by Crippen LogP contribution is -2.17. The lowest BCUT2D eigenvalue weighted by Gasteiger charge is -2.06. The first-order chi connectivity index (χ1) is 10.2. The number of ether oxygens (including phenoxy) is 2. The number of hydrogen-bond donors (Lipinski definition) is 0. The number of esters is 1. The first kappa shape index (κ1) is 14.1. The Morgan fingerprint density at radius 3 is 1.81 bits per heavy atom. The second-order valence-electron chi connectivity index (χ2n) is 4.04. The number of hydrogen-bond acceptors (Lipinski definition) is 5. The Morgan fingerprint density at radius 2 is 1.33 bits per heavy atom. The van der Waals surface area contributed by atoms with E-state index in [-0.39, 0.29) is 6.61 Å². The minimum absolute atomic E-state index is 0.244. The number of carbonyl (C=O) groups is 1. The van der Waals surface area contributed by atoms with E-state index in [9.17, 15) is 4.79 Å². The summed E-state index contributed by atoms with van der Waals surface area (Å²) in [4.78, 5) is 11.6. The first-order valence-corrected chi connectivity index (χ1v) is 6.05. The van der Waals surface area contributed by atoms with Gasteiger partial charge < -0.3 is 9.47 Å². The molecule has 0 atom stereocenters. The third kappa shape index (κ3) is 4.09. The molecule has 21 heavy (non-hydrogen) atoms. The number of benzene rings is 2. The van der Waals surface area contributed by atoms with Gasteiger partial charge in [-0.05, 0) is 48.5 Å². The molecule has 0 aliphatic carbocycles. The van der Waals surface area contributed by atoms with Gasteiger partial charge in [-0.1, -0.05) is 0 Å². The molecule has 0 N–H and O–H groups in total. The molecule has 0 radical (unpaired) electrons. The van der Waals surface area contributed by atoms with E-state index in [1.165, 1.54) is 12.1 Å². The van der Waals surface area contributed by atoms with Crippen molar-refractivity contribution in [1.29, 1.82) is 10.5 Å². The molecule has 0 saturated carbocycles. The van der Waals surface area contributed by atoms with Crippen LogP contribution in [0, 0.1) is 22.7 Å². The second kappa shape index (κ2) is 6.74. The summed E-state index contributed by atoms with van der Waals surface area (Å²) in [6.07, 6.45) is 0. The van der Waals surface area contributed by atoms with Crippen molar-refractivity contribution in [2.24, 2.45) is 0 Å². The monoisotopic (exact) mass is 278 g/mol. The minimum atomic E-state index is -0.552. The molecule has 5 heteroatoms. The van der Waals surface area contributed by atoms with Crippen LogP contribution < -0.4 is 9.47 Å². The quantitative estimate of drug-likeness (QED) is 0.633. The molecule has 2 aromatic carbocycles. The number of carbonyl (C=O) groups excluding carboxylic acids is 1. The Kier molecular flexibility index (Phi) is 4.53. The van der Waals surface area contributed by atoms with Crippen molar-refractivity contribution >= 4 is 5.97 Å². The predicted molar refractivity (Wildman–Crippen MR) is 73.4 cm³/mol. The normalized spacial score (nSPS) is 9.24. The third-order valence-electron chi connectivity index (χ3n) is 2.56. The van der Waals surface area contributed by atoms with Gasteiger partial charge in [0.05, 0.1) is 23.3 Å². The molecule has 0 saturated heterocycles. The summed E-state index contributed by atoms with van der Waals surface area (Å²) >= 11 is 0. The van der Waals surface area contributed by atoms with Gasteiger partial charge in [0.1, 0.15) is 11.5 Å². The summed E-state index contributed by atoms with van der Waals surface area (Å²) in [5.74, 6) is 0.275. The zero-order chi connectivity index (χ0) is 15.1. The number of nitrogens with zero attached hydrogens (tertiary/aromatic N) is 2. The maximum absolute atomic E-state index is 11.6. The van der Waals surface area contributed by atoms with E-state index in [1.54, 1.807) is 36.4 Å². The van der Waals surface area contributed by atoms with Gasteiger partial charge in [0.25, 0.3) is 0 Å². The third-order valence-corrected chi connectivity index (χ3v) is 2.56. The van der Waals surface area contributed by atoms with Crippen molar-refractivity contribution in [2.75, 3.05) is 6.61 Å². The van der Waals surface area contributed by atoms with Crippen molar-refractivity contribution in [3.8, 4) is 23.6 Å². The van der Waals surface area contributed by atoms with Crippen LogP contribution in [0.1, 0.15) is 11.1 Å². The Morgan fingerprint density at radius 1 is 0.857 bits per heavy atom. The maximum atomic E-state index is 11.6. The van der Waals surface area contributed by atoms with Gasteiger partial charge in [-0.25, -0.2) is 4.79 Å². The molecule has 102 valence electrons. The molecule has 0 heterocycles. The zero-order valence-electron chi connectivity index (χ0n) is 10.9. The summed E-state index contributed by atoms with van der Waals surface area (Å²) in [5.41, 5.74) is 1.01. The van der Waals surface area contributed by atoms with Crippen LogP contribution in [0.5, 0.6) is 11.5 Å². The van der Waals surface area contributed by atoms with Crippen LogP contribution in [0.4, 0.5) is 0 Å². The van der Waals surface area contributed by atoms with Crippen LogP contribution in [-0.2, 0) is 4.79 Å². The summed E-state index contributed by atoms with van der Waals surface area (Å²) in [5, 5.41) is 17.3. The van der Waals surface area contributed by atoms with Crippen molar-refractivity contribution in [1.82, 2.24) is 0 Å². The van der Waals surface area contributed by atoms with Gasteiger partial charge in [-0.15, -0.1) is 0 Å². The molecule has 0 aliphatic heterocycles. The van der Waals surface area contributed by atoms with Crippen LogP contribution >= 0.6 is 0 Å². The highest BCUT2D eigenvalue weighted by Crippen LogP contribution is 2.13. The average molecular weight is 278 g/mol. The largest absolute Gasteiger partial charge is 0.482 e. The molecule has 0 amide bonds. The Balaban J connectivity index is 1.86. The topological polar surface area (TPSA) is 83.1 Å². The van der Waals surface area contributed by atoms with E-state index in [0.29, 0.717) is 22.6 Å². The van der Waals surface area contributed by atoms with Crippen LogP contribution in [0.25, 0.3) is 0 Å². The van der Waals surface area contributed by atoms with E-state index < -0.39 is 5.97 Å². The van der Waals surface area contributed by atoms with Crippen LogP contribution in [0.15, 0.2) is 48.5 Å². The fraction of sp³-hybridized carbons (Fsp3) is 0.0625. The molecular weight excluding hydrogens is 268 g/mol. The fourth-order valence-corrected chi connectivity index (χ4v) is 1.53. The summed E-state index contributed by atoms with van der Waals surface area (Å²) in [6, 6.07) is 16.6. The van der Waals surface area contributed by atoms with Gasteiger partial charge in [-0.3, -0.25) is 0 Å². The molecule has 5 nitrogen and oxygen atoms in total. The fourth-order valence-electron chi connectivity index (χ4n) is 1.53. The zero-order valence-corrected chi connectivity index (χ0v) is 10.9. The molecule has 0 spiro atoms. The highest BCUT2D eigenvalue weighted by atomic mass is 16.6. The molecule has 0 aliphatic rings. The molecular formula is C16H10N2O3. The van der Waals surface area contributed by atoms with E-state index in [4.69, 9.17) is 20.0 Å². The van der Waals surface area contributed by atoms with Gasteiger partial charge in [-0.2, -0.15) is 10.5 Å². The van der Waals surface area contributed by atoms with Crippen LogP contribution in [0.3, 0.4) is 0 Å². The molecule has 2 rings (SSSR count). The summed E-state index contributed by atoms with van der Waals surface area (Å²) < 4.78 is 10.3. The smallest absolute Gasteiger partial charge is 0.349 e. The number of rotatable bonds is 4. The van der Waals surface area contributed by atoms with E-state index in [0.717, 1.165) is 0 Å².